The number of amides is 1. The number of carbonyl (C=O) groups excluding carboxylic acids is 1. The first-order valence-corrected chi connectivity index (χ1v) is 7.17. The number of nitrogens with one attached hydrogen (secondary N) is 1. The molecule has 0 heterocycles. The first-order chi connectivity index (χ1) is 8.06. The minimum absolute atomic E-state index is 0.0167. The Kier molecular flexibility index (Phi) is 3.79. The molecule has 0 spiro atoms. The molecule has 1 amide bonds. The van der Waals surface area contributed by atoms with E-state index in [0.29, 0.717) is 16.0 Å². The van der Waals surface area contributed by atoms with Gasteiger partial charge in [-0.25, -0.2) is 0 Å². The van der Waals surface area contributed by atoms with E-state index in [1.54, 1.807) is 12.1 Å². The van der Waals surface area contributed by atoms with Gasteiger partial charge in [-0.1, -0.05) is 27.5 Å². The van der Waals surface area contributed by atoms with Crippen molar-refractivity contribution in [3.05, 3.63) is 34.3 Å². The number of hydrogen-bond acceptors (Lipinski definition) is 1. The topological polar surface area (TPSA) is 29.1 Å². The van der Waals surface area contributed by atoms with Crippen LogP contribution in [0.1, 0.15) is 28.8 Å². The van der Waals surface area contributed by atoms with Gasteiger partial charge in [-0.3, -0.25) is 4.79 Å². The Morgan fingerprint density at radius 2 is 2.24 bits per heavy atom. The molecule has 4 heteroatoms. The van der Waals surface area contributed by atoms with Gasteiger partial charge in [0, 0.05) is 22.5 Å². The second kappa shape index (κ2) is 4.99. The largest absolute Gasteiger partial charge is 0.351 e. The molecule has 0 saturated heterocycles. The van der Waals surface area contributed by atoms with Crippen LogP contribution in [0.25, 0.3) is 0 Å². The highest BCUT2D eigenvalue weighted by Gasteiger charge is 2.41. The average molecular weight is 317 g/mol. The van der Waals surface area contributed by atoms with Crippen molar-refractivity contribution in [2.24, 2.45) is 5.41 Å². The zero-order valence-electron chi connectivity index (χ0n) is 9.72. The zero-order chi connectivity index (χ0) is 12.5. The predicted octanol–water partition coefficient (Wildman–Crippen LogP) is 3.55. The number of aryl methyl sites for hydroxylation is 1. The number of carbonyl (C=O) groups is 1. The Bertz CT molecular complexity index is 443. The van der Waals surface area contributed by atoms with Crippen molar-refractivity contribution in [3.8, 4) is 0 Å². The molecule has 92 valence electrons. The van der Waals surface area contributed by atoms with E-state index in [0.717, 1.165) is 17.4 Å². The fraction of sp³-hybridized carbons (Fsp3) is 0.462. The lowest BCUT2D eigenvalue weighted by molar-refractivity contribution is 0.0946. The van der Waals surface area contributed by atoms with Gasteiger partial charge >= 0.3 is 0 Å². The molecule has 2 rings (SSSR count). The van der Waals surface area contributed by atoms with E-state index in [1.807, 2.05) is 13.0 Å². The first-order valence-electron chi connectivity index (χ1n) is 5.67. The number of benzene rings is 1. The monoisotopic (exact) mass is 315 g/mol. The van der Waals surface area contributed by atoms with Crippen molar-refractivity contribution in [3.63, 3.8) is 0 Å². The maximum absolute atomic E-state index is 11.9. The molecule has 0 radical (unpaired) electrons. The van der Waals surface area contributed by atoms with E-state index < -0.39 is 0 Å². The normalized spacial score (nSPS) is 16.6. The maximum atomic E-state index is 11.9. The van der Waals surface area contributed by atoms with Gasteiger partial charge in [0.05, 0.1) is 0 Å². The summed E-state index contributed by atoms with van der Waals surface area (Å²) >= 11 is 9.42. The summed E-state index contributed by atoms with van der Waals surface area (Å²) in [6, 6.07) is 5.35. The molecule has 1 fully saturated rings. The van der Waals surface area contributed by atoms with Crippen molar-refractivity contribution in [1.29, 1.82) is 0 Å². The minimum atomic E-state index is -0.0167. The fourth-order valence-electron chi connectivity index (χ4n) is 1.69. The molecule has 1 aliphatic carbocycles. The smallest absolute Gasteiger partial charge is 0.251 e. The van der Waals surface area contributed by atoms with E-state index in [4.69, 9.17) is 11.6 Å². The van der Waals surface area contributed by atoms with Crippen molar-refractivity contribution in [2.45, 2.75) is 19.8 Å². The maximum Gasteiger partial charge on any atom is 0.251 e. The Labute approximate surface area is 115 Å². The van der Waals surface area contributed by atoms with E-state index >= 15 is 0 Å². The Balaban J connectivity index is 1.97. The lowest BCUT2D eigenvalue weighted by Crippen LogP contribution is -2.30. The van der Waals surface area contributed by atoms with Gasteiger partial charge in [0.1, 0.15) is 0 Å². The van der Waals surface area contributed by atoms with Gasteiger partial charge in [-0.15, -0.1) is 0 Å². The quantitative estimate of drug-likeness (QED) is 0.846. The number of halogens is 2. The van der Waals surface area contributed by atoms with Crippen LogP contribution in [0.2, 0.25) is 5.02 Å². The Hall–Kier alpha value is -0.540. The van der Waals surface area contributed by atoms with E-state index in [1.165, 1.54) is 12.8 Å². The molecular weight excluding hydrogens is 302 g/mol. The van der Waals surface area contributed by atoms with Crippen molar-refractivity contribution < 1.29 is 4.79 Å². The summed E-state index contributed by atoms with van der Waals surface area (Å²) < 4.78 is 0. The number of rotatable bonds is 4. The zero-order valence-corrected chi connectivity index (χ0v) is 12.1. The summed E-state index contributed by atoms with van der Waals surface area (Å²) in [5.74, 6) is -0.0167. The molecule has 0 aliphatic heterocycles. The van der Waals surface area contributed by atoms with Crippen LogP contribution in [-0.4, -0.2) is 17.8 Å². The highest BCUT2D eigenvalue weighted by molar-refractivity contribution is 9.09. The van der Waals surface area contributed by atoms with Gasteiger partial charge in [-0.2, -0.15) is 0 Å². The molecule has 1 saturated carbocycles. The van der Waals surface area contributed by atoms with Crippen molar-refractivity contribution in [1.82, 2.24) is 5.32 Å². The number of hydrogen-bond donors (Lipinski definition) is 1. The summed E-state index contributed by atoms with van der Waals surface area (Å²) in [5.41, 5.74) is 1.91. The predicted molar refractivity (Wildman–Crippen MR) is 74.0 cm³/mol. The van der Waals surface area contributed by atoms with Gasteiger partial charge in [-0.05, 0) is 48.9 Å². The standard InChI is InChI=1S/C13H15BrClNO/c1-9-6-10(2-3-11(9)15)12(17)16-8-13(7-14)4-5-13/h2-3,6H,4-5,7-8H2,1H3,(H,16,17). The van der Waals surface area contributed by atoms with Gasteiger partial charge in [0.15, 0.2) is 0 Å². The van der Waals surface area contributed by atoms with Crippen LogP contribution in [0.4, 0.5) is 0 Å². The lowest BCUT2D eigenvalue weighted by atomic mass is 10.1. The molecule has 2 nitrogen and oxygen atoms in total. The van der Waals surface area contributed by atoms with Crippen LogP contribution >= 0.6 is 27.5 Å². The molecule has 0 bridgehead atoms. The van der Waals surface area contributed by atoms with Gasteiger partial charge in [0.2, 0.25) is 0 Å². The summed E-state index contributed by atoms with van der Waals surface area (Å²) in [6.07, 6.45) is 2.39. The average Bonchev–Trinajstić information content (AvgIpc) is 3.10. The molecule has 0 unspecified atom stereocenters. The minimum Gasteiger partial charge on any atom is -0.351 e. The third kappa shape index (κ3) is 3.02. The molecule has 1 N–H and O–H groups in total. The summed E-state index contributed by atoms with van der Waals surface area (Å²) in [6.45, 7) is 2.65. The summed E-state index contributed by atoms with van der Waals surface area (Å²) in [4.78, 5) is 11.9. The second-order valence-corrected chi connectivity index (χ2v) is 5.75. The first kappa shape index (κ1) is 12.9. The lowest BCUT2D eigenvalue weighted by Gasteiger charge is -2.13. The Morgan fingerprint density at radius 1 is 1.53 bits per heavy atom. The molecular formula is C13H15BrClNO. The molecule has 1 aromatic rings. The van der Waals surface area contributed by atoms with Crippen LogP contribution in [0.15, 0.2) is 18.2 Å². The van der Waals surface area contributed by atoms with Crippen LogP contribution < -0.4 is 5.32 Å². The van der Waals surface area contributed by atoms with Crippen LogP contribution in [0.3, 0.4) is 0 Å². The van der Waals surface area contributed by atoms with E-state index in [-0.39, 0.29) is 5.91 Å². The molecule has 0 atom stereocenters. The third-order valence-electron chi connectivity index (χ3n) is 3.28. The van der Waals surface area contributed by atoms with E-state index in [9.17, 15) is 4.79 Å². The van der Waals surface area contributed by atoms with Gasteiger partial charge < -0.3 is 5.32 Å². The molecule has 1 aliphatic rings. The second-order valence-electron chi connectivity index (χ2n) is 4.78. The van der Waals surface area contributed by atoms with Gasteiger partial charge in [0.25, 0.3) is 5.91 Å². The summed E-state index contributed by atoms with van der Waals surface area (Å²) in [7, 11) is 0. The van der Waals surface area contributed by atoms with Crippen molar-refractivity contribution >= 4 is 33.4 Å². The molecule has 17 heavy (non-hydrogen) atoms. The molecule has 0 aromatic heterocycles. The van der Waals surface area contributed by atoms with E-state index in [2.05, 4.69) is 21.2 Å². The van der Waals surface area contributed by atoms with Crippen LogP contribution in [0.5, 0.6) is 0 Å². The fourth-order valence-corrected chi connectivity index (χ4v) is 2.57. The highest BCUT2D eigenvalue weighted by Crippen LogP contribution is 2.46. The third-order valence-corrected chi connectivity index (χ3v) is 4.90. The van der Waals surface area contributed by atoms with Crippen LogP contribution in [0, 0.1) is 12.3 Å². The number of alkyl halides is 1. The van der Waals surface area contributed by atoms with Crippen LogP contribution in [-0.2, 0) is 0 Å². The van der Waals surface area contributed by atoms with Crippen molar-refractivity contribution in [2.75, 3.05) is 11.9 Å². The molecule has 1 aromatic carbocycles. The highest BCUT2D eigenvalue weighted by atomic mass is 79.9. The Morgan fingerprint density at radius 3 is 2.76 bits per heavy atom. The SMILES string of the molecule is Cc1cc(C(=O)NCC2(CBr)CC2)ccc1Cl. The summed E-state index contributed by atoms with van der Waals surface area (Å²) in [5, 5.41) is 4.64.